The number of hydrogen-bond donors (Lipinski definition) is 2. The summed E-state index contributed by atoms with van der Waals surface area (Å²) in [5, 5.41) is 8.81. The van der Waals surface area contributed by atoms with E-state index in [-0.39, 0.29) is 0 Å². The Bertz CT molecular complexity index is 292. The normalized spacial score (nSPS) is 9.58. The zero-order chi connectivity index (χ0) is 9.14. The van der Waals surface area contributed by atoms with Crippen LogP contribution in [0.15, 0.2) is 18.2 Å². The van der Waals surface area contributed by atoms with Crippen LogP contribution in [0.3, 0.4) is 0 Å². The molecule has 0 atom stereocenters. The van der Waals surface area contributed by atoms with Gasteiger partial charge in [-0.3, -0.25) is 10.0 Å². The number of hydrogen-bond acceptors (Lipinski definition) is 2. The molecule has 0 saturated carbocycles. The third-order valence-electron chi connectivity index (χ3n) is 1.41. The summed E-state index contributed by atoms with van der Waals surface area (Å²) in [6, 6.07) is 4.85. The molecule has 1 rings (SSSR count). The Morgan fingerprint density at radius 3 is 2.67 bits per heavy atom. The third kappa shape index (κ3) is 1.96. The molecule has 1 amide bonds. The summed E-state index contributed by atoms with van der Waals surface area (Å²) in [6.07, 6.45) is 0. The molecule has 2 N–H and O–H groups in total. The van der Waals surface area contributed by atoms with E-state index in [0.29, 0.717) is 10.6 Å². The van der Waals surface area contributed by atoms with Crippen LogP contribution in [0.5, 0.6) is 0 Å². The SMILES string of the molecule is Cc1cc(Cl)cc(C(=O)NO)c1. The van der Waals surface area contributed by atoms with Gasteiger partial charge < -0.3 is 0 Å². The van der Waals surface area contributed by atoms with Gasteiger partial charge in [0, 0.05) is 10.6 Å². The maximum Gasteiger partial charge on any atom is 0.274 e. The quantitative estimate of drug-likeness (QED) is 0.518. The van der Waals surface area contributed by atoms with Crippen LogP contribution in [0.2, 0.25) is 5.02 Å². The van der Waals surface area contributed by atoms with E-state index >= 15 is 0 Å². The highest BCUT2D eigenvalue weighted by Gasteiger charge is 2.04. The van der Waals surface area contributed by atoms with Crippen LogP contribution < -0.4 is 5.48 Å². The molecule has 0 fully saturated rings. The summed E-state index contributed by atoms with van der Waals surface area (Å²) >= 11 is 5.69. The van der Waals surface area contributed by atoms with Gasteiger partial charge in [-0.15, -0.1) is 0 Å². The molecule has 0 bridgehead atoms. The van der Waals surface area contributed by atoms with Crippen molar-refractivity contribution < 1.29 is 10.0 Å². The second kappa shape index (κ2) is 3.56. The van der Waals surface area contributed by atoms with E-state index < -0.39 is 5.91 Å². The van der Waals surface area contributed by atoms with Crippen molar-refractivity contribution in [2.24, 2.45) is 0 Å². The standard InChI is InChI=1S/C8H8ClNO2/c1-5-2-6(8(11)10-12)4-7(9)3-5/h2-4,12H,1H3,(H,10,11). The minimum atomic E-state index is -0.555. The van der Waals surface area contributed by atoms with Crippen molar-refractivity contribution in [3.63, 3.8) is 0 Å². The summed E-state index contributed by atoms with van der Waals surface area (Å²) in [5.41, 5.74) is 2.76. The van der Waals surface area contributed by atoms with Crippen LogP contribution in [0.4, 0.5) is 0 Å². The number of carbonyl (C=O) groups excluding carboxylic acids is 1. The van der Waals surface area contributed by atoms with Crippen molar-refractivity contribution in [2.75, 3.05) is 0 Å². The monoisotopic (exact) mass is 185 g/mol. The van der Waals surface area contributed by atoms with E-state index in [4.69, 9.17) is 16.8 Å². The lowest BCUT2D eigenvalue weighted by Crippen LogP contribution is -2.18. The number of rotatable bonds is 1. The Morgan fingerprint density at radius 2 is 2.17 bits per heavy atom. The summed E-state index contributed by atoms with van der Waals surface area (Å²) in [4.78, 5) is 10.9. The van der Waals surface area contributed by atoms with E-state index in [9.17, 15) is 4.79 Å². The fraction of sp³-hybridized carbons (Fsp3) is 0.125. The van der Waals surface area contributed by atoms with Gasteiger partial charge in [0.15, 0.2) is 0 Å². The summed E-state index contributed by atoms with van der Waals surface area (Å²) in [7, 11) is 0. The summed E-state index contributed by atoms with van der Waals surface area (Å²) in [5.74, 6) is -0.555. The second-order valence-electron chi connectivity index (χ2n) is 2.46. The third-order valence-corrected chi connectivity index (χ3v) is 1.62. The molecule has 64 valence electrons. The van der Waals surface area contributed by atoms with Gasteiger partial charge in [-0.05, 0) is 30.7 Å². The van der Waals surface area contributed by atoms with Crippen LogP contribution in [0.25, 0.3) is 0 Å². The molecule has 0 radical (unpaired) electrons. The van der Waals surface area contributed by atoms with Gasteiger partial charge in [-0.1, -0.05) is 11.6 Å². The first-order valence-corrected chi connectivity index (χ1v) is 3.73. The molecule has 0 saturated heterocycles. The highest BCUT2D eigenvalue weighted by atomic mass is 35.5. The van der Waals surface area contributed by atoms with Gasteiger partial charge >= 0.3 is 0 Å². The van der Waals surface area contributed by atoms with Crippen molar-refractivity contribution in [3.05, 3.63) is 34.3 Å². The largest absolute Gasteiger partial charge is 0.288 e. The predicted molar refractivity (Wildman–Crippen MR) is 45.4 cm³/mol. The molecule has 3 nitrogen and oxygen atoms in total. The molecule has 0 aliphatic rings. The minimum Gasteiger partial charge on any atom is -0.288 e. The van der Waals surface area contributed by atoms with Crippen molar-refractivity contribution >= 4 is 17.5 Å². The van der Waals surface area contributed by atoms with Gasteiger partial charge in [-0.2, -0.15) is 0 Å². The Hall–Kier alpha value is -1.06. The maximum absolute atomic E-state index is 10.9. The zero-order valence-electron chi connectivity index (χ0n) is 6.47. The lowest BCUT2D eigenvalue weighted by atomic mass is 10.1. The molecular formula is C8H8ClNO2. The number of aryl methyl sites for hydroxylation is 1. The van der Waals surface area contributed by atoms with Crippen LogP contribution in [-0.4, -0.2) is 11.1 Å². The Morgan fingerprint density at radius 1 is 1.50 bits per heavy atom. The first kappa shape index (κ1) is 9.03. The van der Waals surface area contributed by atoms with E-state index in [1.54, 1.807) is 12.1 Å². The molecule has 1 aromatic rings. The van der Waals surface area contributed by atoms with E-state index in [0.717, 1.165) is 5.56 Å². The predicted octanol–water partition coefficient (Wildman–Crippen LogP) is 1.77. The summed E-state index contributed by atoms with van der Waals surface area (Å²) < 4.78 is 0. The molecule has 0 unspecified atom stereocenters. The minimum absolute atomic E-state index is 0.350. The molecule has 0 aliphatic carbocycles. The van der Waals surface area contributed by atoms with Crippen molar-refractivity contribution in [2.45, 2.75) is 6.92 Å². The average Bonchev–Trinajstić information content (AvgIpc) is 2.01. The van der Waals surface area contributed by atoms with Crippen LogP contribution in [-0.2, 0) is 0 Å². The Balaban J connectivity index is 3.08. The highest BCUT2D eigenvalue weighted by Crippen LogP contribution is 2.14. The topological polar surface area (TPSA) is 49.3 Å². The number of hydroxylamine groups is 1. The number of nitrogens with one attached hydrogen (secondary N) is 1. The molecule has 0 spiro atoms. The van der Waals surface area contributed by atoms with Crippen molar-refractivity contribution in [1.29, 1.82) is 0 Å². The lowest BCUT2D eigenvalue weighted by Gasteiger charge is -2.00. The maximum atomic E-state index is 10.9. The van der Waals surface area contributed by atoms with Crippen LogP contribution in [0, 0.1) is 6.92 Å². The highest BCUT2D eigenvalue weighted by molar-refractivity contribution is 6.31. The van der Waals surface area contributed by atoms with Gasteiger partial charge in [0.1, 0.15) is 0 Å². The smallest absolute Gasteiger partial charge is 0.274 e. The Labute approximate surface area is 74.9 Å². The molecule has 1 aromatic carbocycles. The number of carbonyl (C=O) groups is 1. The Kier molecular flexibility index (Phi) is 2.68. The van der Waals surface area contributed by atoms with Crippen molar-refractivity contribution in [1.82, 2.24) is 5.48 Å². The summed E-state index contributed by atoms with van der Waals surface area (Å²) in [6.45, 7) is 1.82. The molecule has 0 heterocycles. The fourth-order valence-electron chi connectivity index (χ4n) is 0.932. The first-order valence-electron chi connectivity index (χ1n) is 3.35. The van der Waals surface area contributed by atoms with E-state index in [1.165, 1.54) is 11.5 Å². The van der Waals surface area contributed by atoms with Gasteiger partial charge in [0.2, 0.25) is 0 Å². The zero-order valence-corrected chi connectivity index (χ0v) is 7.22. The number of amides is 1. The van der Waals surface area contributed by atoms with Gasteiger partial charge in [0.05, 0.1) is 0 Å². The van der Waals surface area contributed by atoms with Gasteiger partial charge in [0.25, 0.3) is 5.91 Å². The van der Waals surface area contributed by atoms with Gasteiger partial charge in [-0.25, -0.2) is 5.48 Å². The molecule has 12 heavy (non-hydrogen) atoms. The molecule has 0 aliphatic heterocycles. The molecule has 0 aromatic heterocycles. The first-order chi connectivity index (χ1) is 5.63. The second-order valence-corrected chi connectivity index (χ2v) is 2.89. The molecular weight excluding hydrogens is 178 g/mol. The van der Waals surface area contributed by atoms with Crippen molar-refractivity contribution in [3.8, 4) is 0 Å². The average molecular weight is 186 g/mol. The van der Waals surface area contributed by atoms with Crippen LogP contribution >= 0.6 is 11.6 Å². The fourth-order valence-corrected chi connectivity index (χ4v) is 1.22. The van der Waals surface area contributed by atoms with Crippen LogP contribution in [0.1, 0.15) is 15.9 Å². The lowest BCUT2D eigenvalue weighted by molar-refractivity contribution is 0.0706. The molecule has 4 heteroatoms. The van der Waals surface area contributed by atoms with E-state index in [1.807, 2.05) is 6.92 Å². The number of halogens is 1. The van der Waals surface area contributed by atoms with E-state index in [2.05, 4.69) is 0 Å². The number of benzene rings is 1.